The number of benzene rings is 2. The second-order valence-corrected chi connectivity index (χ2v) is 11.3. The summed E-state index contributed by atoms with van der Waals surface area (Å²) in [4.78, 5) is 10.3. The van der Waals surface area contributed by atoms with Gasteiger partial charge in [-0.25, -0.2) is 18.4 Å². The number of nitrogens with one attached hydrogen (secondary N) is 1. The predicted molar refractivity (Wildman–Crippen MR) is 137 cm³/mol. The smallest absolute Gasteiger partial charge is 0.418 e. The van der Waals surface area contributed by atoms with Crippen LogP contribution in [0.3, 0.4) is 0 Å². The molecule has 1 saturated heterocycles. The molecular formula is C25H26F3N7O3S. The third-order valence-corrected chi connectivity index (χ3v) is 8.36. The summed E-state index contributed by atoms with van der Waals surface area (Å²) in [5, 5.41) is 11.2. The molecule has 1 N–H and O–H groups in total. The number of alkyl halides is 3. The van der Waals surface area contributed by atoms with E-state index < -0.39 is 21.8 Å². The fourth-order valence-electron chi connectivity index (χ4n) is 4.60. The van der Waals surface area contributed by atoms with Crippen molar-refractivity contribution in [2.75, 3.05) is 38.0 Å². The number of aryl methyl sites for hydroxylation is 1. The quantitative estimate of drug-likeness (QED) is 0.359. The number of sulfonamides is 1. The first-order valence-corrected chi connectivity index (χ1v) is 13.7. The maximum absolute atomic E-state index is 13.4. The minimum Gasteiger partial charge on any atom is -0.421 e. The van der Waals surface area contributed by atoms with Crippen molar-refractivity contribution in [3.8, 4) is 11.5 Å². The molecule has 1 atom stereocenters. The number of piperazine rings is 1. The van der Waals surface area contributed by atoms with Gasteiger partial charge in [-0.1, -0.05) is 12.1 Å². The lowest BCUT2D eigenvalue weighted by atomic mass is 10.1. The van der Waals surface area contributed by atoms with Crippen LogP contribution in [0.1, 0.15) is 18.4 Å². The summed E-state index contributed by atoms with van der Waals surface area (Å²) in [7, 11) is -3.73. The second kappa shape index (κ2) is 10.5. The molecule has 14 heteroatoms. The van der Waals surface area contributed by atoms with Gasteiger partial charge in [-0.15, -0.1) is 10.2 Å². The van der Waals surface area contributed by atoms with Crippen LogP contribution in [0.4, 0.5) is 19.0 Å². The van der Waals surface area contributed by atoms with Crippen molar-refractivity contribution in [3.63, 3.8) is 0 Å². The number of hydrogen-bond acceptors (Lipinski definition) is 9. The van der Waals surface area contributed by atoms with E-state index in [4.69, 9.17) is 4.42 Å². The lowest BCUT2D eigenvalue weighted by molar-refractivity contribution is -0.136. The number of nitrogens with zero attached hydrogens (tertiary/aromatic N) is 6. The molecule has 2 aromatic heterocycles. The molecule has 1 aliphatic rings. The first kappa shape index (κ1) is 27.0. The summed E-state index contributed by atoms with van der Waals surface area (Å²) < 4.78 is 73.7. The molecule has 206 valence electrons. The molecule has 0 saturated carbocycles. The van der Waals surface area contributed by atoms with Crippen molar-refractivity contribution in [3.05, 3.63) is 60.2 Å². The molecule has 1 aliphatic heterocycles. The third kappa shape index (κ3) is 5.72. The fourth-order valence-corrected chi connectivity index (χ4v) is 6.07. The molecule has 39 heavy (non-hydrogen) atoms. The molecule has 0 spiro atoms. The summed E-state index contributed by atoms with van der Waals surface area (Å²) in [6.07, 6.45) is -3.41. The molecule has 10 nitrogen and oxygen atoms in total. The normalized spacial score (nSPS) is 16.4. The van der Waals surface area contributed by atoms with Gasteiger partial charge in [0.2, 0.25) is 21.8 Å². The highest BCUT2D eigenvalue weighted by atomic mass is 32.2. The lowest BCUT2D eigenvalue weighted by Crippen LogP contribution is -2.50. The van der Waals surface area contributed by atoms with Gasteiger partial charge in [0.25, 0.3) is 0 Å². The molecule has 4 aromatic rings. The van der Waals surface area contributed by atoms with E-state index in [1.54, 1.807) is 25.1 Å². The van der Waals surface area contributed by atoms with Crippen LogP contribution in [-0.4, -0.2) is 76.6 Å². The molecule has 0 bridgehead atoms. The number of aromatic nitrogens is 4. The monoisotopic (exact) mass is 561 g/mol. The molecule has 5 rings (SSSR count). The van der Waals surface area contributed by atoms with Crippen LogP contribution in [0.15, 0.2) is 58.1 Å². The molecular weight excluding hydrogens is 535 g/mol. The van der Waals surface area contributed by atoms with E-state index in [1.807, 2.05) is 6.92 Å². The summed E-state index contributed by atoms with van der Waals surface area (Å²) >= 11 is 0. The van der Waals surface area contributed by atoms with E-state index in [9.17, 15) is 21.6 Å². The van der Waals surface area contributed by atoms with E-state index >= 15 is 0 Å². The minimum absolute atomic E-state index is 0.146. The van der Waals surface area contributed by atoms with Gasteiger partial charge in [0.15, 0.2) is 0 Å². The van der Waals surface area contributed by atoms with Crippen molar-refractivity contribution in [2.24, 2.45) is 0 Å². The third-order valence-electron chi connectivity index (χ3n) is 6.46. The fraction of sp³-hybridized carbons (Fsp3) is 0.360. The van der Waals surface area contributed by atoms with Gasteiger partial charge in [-0.05, 0) is 37.3 Å². The summed E-state index contributed by atoms with van der Waals surface area (Å²) in [6, 6.07) is 10.1. The average Bonchev–Trinajstić information content (AvgIpc) is 3.34. The van der Waals surface area contributed by atoms with Crippen molar-refractivity contribution >= 4 is 26.7 Å². The van der Waals surface area contributed by atoms with Gasteiger partial charge in [0.1, 0.15) is 12.1 Å². The number of fused-ring (bicyclic) bond motifs is 1. The van der Waals surface area contributed by atoms with Gasteiger partial charge in [-0.3, -0.25) is 4.90 Å². The zero-order valence-electron chi connectivity index (χ0n) is 21.2. The number of rotatable bonds is 7. The number of hydrogen-bond donors (Lipinski definition) is 1. The lowest BCUT2D eigenvalue weighted by Gasteiger charge is -2.35. The zero-order valence-corrected chi connectivity index (χ0v) is 22.0. The summed E-state index contributed by atoms with van der Waals surface area (Å²) in [5.41, 5.74) is -0.449. The van der Waals surface area contributed by atoms with Gasteiger partial charge >= 0.3 is 6.18 Å². The van der Waals surface area contributed by atoms with Gasteiger partial charge < -0.3 is 9.73 Å². The van der Waals surface area contributed by atoms with E-state index in [2.05, 4.69) is 30.4 Å². The summed E-state index contributed by atoms with van der Waals surface area (Å²) in [6.45, 7) is 5.69. The number of para-hydroxylation sites is 1. The van der Waals surface area contributed by atoms with Gasteiger partial charge in [-0.2, -0.15) is 17.5 Å². The van der Waals surface area contributed by atoms with Crippen molar-refractivity contribution < 1.29 is 26.0 Å². The van der Waals surface area contributed by atoms with Gasteiger partial charge in [0.05, 0.1) is 16.0 Å². The second-order valence-electron chi connectivity index (χ2n) is 9.33. The molecule has 0 radical (unpaired) electrons. The van der Waals surface area contributed by atoms with Gasteiger partial charge in [0, 0.05) is 56.6 Å². The Hall–Kier alpha value is -3.62. The summed E-state index contributed by atoms with van der Waals surface area (Å²) in [5.74, 6) is 0.954. The predicted octanol–water partition coefficient (Wildman–Crippen LogP) is 3.81. The first-order valence-electron chi connectivity index (χ1n) is 12.2. The Morgan fingerprint density at radius 3 is 2.49 bits per heavy atom. The molecule has 0 unspecified atom stereocenters. The maximum atomic E-state index is 13.4. The van der Waals surface area contributed by atoms with Crippen LogP contribution in [-0.2, 0) is 16.2 Å². The Morgan fingerprint density at radius 2 is 1.79 bits per heavy atom. The van der Waals surface area contributed by atoms with Crippen LogP contribution in [0.2, 0.25) is 0 Å². The van der Waals surface area contributed by atoms with Crippen LogP contribution >= 0.6 is 0 Å². The van der Waals surface area contributed by atoms with E-state index in [0.717, 1.165) is 12.4 Å². The van der Waals surface area contributed by atoms with Crippen molar-refractivity contribution in [1.29, 1.82) is 0 Å². The Morgan fingerprint density at radius 1 is 1.05 bits per heavy atom. The van der Waals surface area contributed by atoms with Crippen molar-refractivity contribution in [1.82, 2.24) is 29.4 Å². The molecule has 0 aliphatic carbocycles. The largest absolute Gasteiger partial charge is 0.421 e. The first-order chi connectivity index (χ1) is 18.5. The Kier molecular flexibility index (Phi) is 7.27. The molecule has 2 aromatic carbocycles. The van der Waals surface area contributed by atoms with Crippen molar-refractivity contribution in [2.45, 2.75) is 31.0 Å². The molecule has 3 heterocycles. The van der Waals surface area contributed by atoms with Crippen LogP contribution in [0, 0.1) is 6.92 Å². The topological polar surface area (TPSA) is 117 Å². The SMILES string of the molecule is Cc1nnc(-c2cccc(S(=O)(=O)N3CCN(C[C@H](C)Nc4ncnc5c(C(F)(F)F)cccc45)CC3)c2)o1. The van der Waals surface area contributed by atoms with Crippen LogP contribution in [0.5, 0.6) is 0 Å². The van der Waals surface area contributed by atoms with E-state index in [-0.39, 0.29) is 27.7 Å². The Labute approximate surface area is 222 Å². The standard InChI is InChI=1S/C25H26F3N7O3S/c1-16(31-23-20-7-4-8-21(25(26,27)28)22(20)29-15-30-23)14-34-9-11-35(12-10-34)39(36,37)19-6-3-5-18(13-19)24-33-32-17(2)38-24/h3-8,13,15-16H,9-12,14H2,1-2H3,(H,29,30,31)/t16-/m0/s1. The highest BCUT2D eigenvalue weighted by molar-refractivity contribution is 7.89. The number of anilines is 1. The van der Waals surface area contributed by atoms with Crippen LogP contribution < -0.4 is 5.32 Å². The zero-order chi connectivity index (χ0) is 27.8. The minimum atomic E-state index is -4.52. The van der Waals surface area contributed by atoms with Crippen LogP contribution in [0.25, 0.3) is 22.4 Å². The highest BCUT2D eigenvalue weighted by Crippen LogP contribution is 2.35. The maximum Gasteiger partial charge on any atom is 0.418 e. The number of halogens is 3. The van der Waals surface area contributed by atoms with E-state index in [0.29, 0.717) is 50.0 Å². The Balaban J connectivity index is 1.22. The molecule has 0 amide bonds. The average molecular weight is 562 g/mol. The highest BCUT2D eigenvalue weighted by Gasteiger charge is 2.34. The Bertz CT molecular complexity index is 1590. The van der Waals surface area contributed by atoms with E-state index in [1.165, 1.54) is 22.5 Å². The molecule has 1 fully saturated rings.